The van der Waals surface area contributed by atoms with Crippen molar-refractivity contribution in [2.75, 3.05) is 7.11 Å². The van der Waals surface area contributed by atoms with Gasteiger partial charge in [-0.2, -0.15) is 5.10 Å². The molecule has 4 nitrogen and oxygen atoms in total. The lowest BCUT2D eigenvalue weighted by molar-refractivity contribution is 0.415. The Kier molecular flexibility index (Phi) is 4.19. The highest BCUT2D eigenvalue weighted by Crippen LogP contribution is 2.21. The van der Waals surface area contributed by atoms with Crippen LogP contribution in [0.25, 0.3) is 11.3 Å². The van der Waals surface area contributed by atoms with Gasteiger partial charge in [0.2, 0.25) is 0 Å². The number of rotatable bonds is 4. The smallest absolute Gasteiger partial charge is 0.267 e. The van der Waals surface area contributed by atoms with Gasteiger partial charge in [0.05, 0.1) is 19.3 Å². The third kappa shape index (κ3) is 3.45. The average molecular weight is 310 g/mol. The maximum Gasteiger partial charge on any atom is 0.267 e. The molecule has 0 bridgehead atoms. The maximum absolute atomic E-state index is 13.3. The minimum Gasteiger partial charge on any atom is -0.497 e. The fourth-order valence-electron chi connectivity index (χ4n) is 2.31. The first-order chi connectivity index (χ1) is 11.2. The highest BCUT2D eigenvalue weighted by atomic mass is 19.1. The molecule has 0 radical (unpaired) electrons. The van der Waals surface area contributed by atoms with Gasteiger partial charge >= 0.3 is 0 Å². The Labute approximate surface area is 132 Å². The highest BCUT2D eigenvalue weighted by molar-refractivity contribution is 5.60. The Morgan fingerprint density at radius 2 is 1.91 bits per heavy atom. The van der Waals surface area contributed by atoms with Crippen molar-refractivity contribution in [3.05, 3.63) is 82.4 Å². The van der Waals surface area contributed by atoms with E-state index < -0.39 is 0 Å². The van der Waals surface area contributed by atoms with Crippen LogP contribution >= 0.6 is 0 Å². The zero-order valence-corrected chi connectivity index (χ0v) is 12.6. The molecule has 1 heterocycles. The van der Waals surface area contributed by atoms with E-state index in [1.165, 1.54) is 22.9 Å². The van der Waals surface area contributed by atoms with Gasteiger partial charge in [-0.1, -0.05) is 24.3 Å². The summed E-state index contributed by atoms with van der Waals surface area (Å²) in [6.45, 7) is 0.217. The van der Waals surface area contributed by atoms with Gasteiger partial charge in [0.15, 0.2) is 0 Å². The molecule has 0 N–H and O–H groups in total. The highest BCUT2D eigenvalue weighted by Gasteiger charge is 2.06. The number of nitrogens with zero attached hydrogens (tertiary/aromatic N) is 2. The molecule has 0 unspecified atom stereocenters. The predicted molar refractivity (Wildman–Crippen MR) is 86.0 cm³/mol. The number of hydrogen-bond donors (Lipinski definition) is 0. The van der Waals surface area contributed by atoms with Crippen LogP contribution in [-0.2, 0) is 6.54 Å². The second-order valence-electron chi connectivity index (χ2n) is 5.08. The summed E-state index contributed by atoms with van der Waals surface area (Å²) in [6, 6.07) is 16.7. The van der Waals surface area contributed by atoms with E-state index in [0.29, 0.717) is 17.0 Å². The third-order valence-electron chi connectivity index (χ3n) is 3.45. The summed E-state index contributed by atoms with van der Waals surface area (Å²) in [5.41, 5.74) is 1.94. The fourth-order valence-corrected chi connectivity index (χ4v) is 2.31. The lowest BCUT2D eigenvalue weighted by Crippen LogP contribution is -2.22. The zero-order chi connectivity index (χ0) is 16.2. The molecule has 3 rings (SSSR count). The minimum absolute atomic E-state index is 0.217. The van der Waals surface area contributed by atoms with Crippen LogP contribution < -0.4 is 10.3 Å². The summed E-state index contributed by atoms with van der Waals surface area (Å²) in [7, 11) is 1.59. The van der Waals surface area contributed by atoms with Crippen LogP contribution in [0.15, 0.2) is 65.5 Å². The Bertz CT molecular complexity index is 890. The van der Waals surface area contributed by atoms with Crippen LogP contribution in [-0.4, -0.2) is 16.9 Å². The molecule has 0 fully saturated rings. The number of benzene rings is 2. The molecular weight excluding hydrogens is 295 g/mol. The number of aromatic nitrogens is 2. The predicted octanol–water partition coefficient (Wildman–Crippen LogP) is 3.11. The first kappa shape index (κ1) is 15.0. The van der Waals surface area contributed by atoms with Gasteiger partial charge in [0.1, 0.15) is 11.6 Å². The van der Waals surface area contributed by atoms with Crippen LogP contribution in [0.3, 0.4) is 0 Å². The summed E-state index contributed by atoms with van der Waals surface area (Å²) in [4.78, 5) is 12.0. The zero-order valence-electron chi connectivity index (χ0n) is 12.6. The third-order valence-corrected chi connectivity index (χ3v) is 3.45. The van der Waals surface area contributed by atoms with Crippen LogP contribution in [0.4, 0.5) is 4.39 Å². The van der Waals surface area contributed by atoms with Crippen molar-refractivity contribution in [2.45, 2.75) is 6.54 Å². The summed E-state index contributed by atoms with van der Waals surface area (Å²) < 4.78 is 19.8. The van der Waals surface area contributed by atoms with E-state index in [0.717, 1.165) is 5.56 Å². The van der Waals surface area contributed by atoms with Crippen molar-refractivity contribution < 1.29 is 9.13 Å². The molecule has 2 aromatic carbocycles. The average Bonchev–Trinajstić information content (AvgIpc) is 2.57. The van der Waals surface area contributed by atoms with Gasteiger partial charge < -0.3 is 4.74 Å². The Morgan fingerprint density at radius 3 is 2.70 bits per heavy atom. The van der Waals surface area contributed by atoms with Gasteiger partial charge in [-0.3, -0.25) is 4.79 Å². The maximum atomic E-state index is 13.3. The van der Waals surface area contributed by atoms with Crippen LogP contribution in [0.2, 0.25) is 0 Å². The summed E-state index contributed by atoms with van der Waals surface area (Å²) in [5.74, 6) is 0.381. The van der Waals surface area contributed by atoms with E-state index >= 15 is 0 Å². The molecule has 0 aliphatic carbocycles. The monoisotopic (exact) mass is 310 g/mol. The van der Waals surface area contributed by atoms with Gasteiger partial charge in [0, 0.05) is 11.6 Å². The molecule has 0 aliphatic heterocycles. The molecule has 0 saturated carbocycles. The van der Waals surface area contributed by atoms with Crippen molar-refractivity contribution >= 4 is 0 Å². The Morgan fingerprint density at radius 1 is 1.09 bits per heavy atom. The van der Waals surface area contributed by atoms with E-state index in [2.05, 4.69) is 5.10 Å². The van der Waals surface area contributed by atoms with Crippen LogP contribution in [0.5, 0.6) is 5.75 Å². The van der Waals surface area contributed by atoms with Crippen LogP contribution in [0.1, 0.15) is 5.56 Å². The molecule has 0 saturated heterocycles. The summed E-state index contributed by atoms with van der Waals surface area (Å²) in [5, 5.41) is 4.37. The lowest BCUT2D eigenvalue weighted by atomic mass is 10.1. The van der Waals surface area contributed by atoms with Gasteiger partial charge in [-0.05, 0) is 35.9 Å². The summed E-state index contributed by atoms with van der Waals surface area (Å²) >= 11 is 0. The van der Waals surface area contributed by atoms with Crippen molar-refractivity contribution in [1.82, 2.24) is 9.78 Å². The quantitative estimate of drug-likeness (QED) is 0.744. The van der Waals surface area contributed by atoms with Crippen LogP contribution in [0, 0.1) is 5.82 Å². The molecule has 23 heavy (non-hydrogen) atoms. The molecule has 3 aromatic rings. The SMILES string of the molecule is COc1cccc(-c2ccc(=O)n(Cc3cccc(F)c3)n2)c1. The van der Waals surface area contributed by atoms with Gasteiger partial charge in [-0.25, -0.2) is 9.07 Å². The first-order valence-electron chi connectivity index (χ1n) is 7.13. The lowest BCUT2D eigenvalue weighted by Gasteiger charge is -2.08. The van der Waals surface area contributed by atoms with Gasteiger partial charge in [0.25, 0.3) is 5.56 Å². The molecular formula is C18H15FN2O2. The molecule has 116 valence electrons. The molecule has 0 amide bonds. The molecule has 0 atom stereocenters. The van der Waals surface area contributed by atoms with Crippen molar-refractivity contribution in [3.8, 4) is 17.0 Å². The number of hydrogen-bond acceptors (Lipinski definition) is 3. The second-order valence-corrected chi connectivity index (χ2v) is 5.08. The fraction of sp³-hybridized carbons (Fsp3) is 0.111. The topological polar surface area (TPSA) is 44.1 Å². The number of halogens is 1. The number of methoxy groups -OCH3 is 1. The standard InChI is InChI=1S/C18H15FN2O2/c1-23-16-7-3-5-14(11-16)17-8-9-18(22)21(20-17)12-13-4-2-6-15(19)10-13/h2-11H,12H2,1H3. The Balaban J connectivity index is 1.97. The summed E-state index contributed by atoms with van der Waals surface area (Å²) in [6.07, 6.45) is 0. The normalized spacial score (nSPS) is 10.5. The largest absolute Gasteiger partial charge is 0.497 e. The molecule has 0 spiro atoms. The van der Waals surface area contributed by atoms with E-state index in [1.807, 2.05) is 24.3 Å². The van der Waals surface area contributed by atoms with E-state index in [9.17, 15) is 9.18 Å². The Hall–Kier alpha value is -2.95. The first-order valence-corrected chi connectivity index (χ1v) is 7.13. The minimum atomic E-state index is -0.334. The molecule has 1 aromatic heterocycles. The van der Waals surface area contributed by atoms with E-state index in [1.54, 1.807) is 25.3 Å². The second kappa shape index (κ2) is 6.44. The molecule has 0 aliphatic rings. The molecule has 5 heteroatoms. The van der Waals surface area contributed by atoms with E-state index in [-0.39, 0.29) is 17.9 Å². The van der Waals surface area contributed by atoms with Crippen molar-refractivity contribution in [1.29, 1.82) is 0 Å². The van der Waals surface area contributed by atoms with Gasteiger partial charge in [-0.15, -0.1) is 0 Å². The van der Waals surface area contributed by atoms with Crippen molar-refractivity contribution in [2.24, 2.45) is 0 Å². The number of ether oxygens (including phenoxy) is 1. The van der Waals surface area contributed by atoms with Crippen molar-refractivity contribution in [3.63, 3.8) is 0 Å². The van der Waals surface area contributed by atoms with E-state index in [4.69, 9.17) is 4.74 Å².